The highest BCUT2D eigenvalue weighted by molar-refractivity contribution is 7.89. The fraction of sp³-hybridized carbons (Fsp3) is 0.316. The van der Waals surface area contributed by atoms with E-state index in [-0.39, 0.29) is 22.2 Å². The molecule has 7 heteroatoms. The molecule has 2 aromatic rings. The summed E-state index contributed by atoms with van der Waals surface area (Å²) in [6.07, 6.45) is 1.92. The summed E-state index contributed by atoms with van der Waals surface area (Å²) in [5.74, 6) is -0.208. The number of benzene rings is 2. The lowest BCUT2D eigenvalue weighted by atomic mass is 10.1. The van der Waals surface area contributed by atoms with E-state index in [1.54, 1.807) is 6.07 Å². The first-order chi connectivity index (χ1) is 12.4. The maximum atomic E-state index is 12.7. The van der Waals surface area contributed by atoms with Gasteiger partial charge in [-0.2, -0.15) is 4.31 Å². The summed E-state index contributed by atoms with van der Waals surface area (Å²) in [5, 5.41) is 2.92. The van der Waals surface area contributed by atoms with E-state index < -0.39 is 10.0 Å². The molecule has 1 saturated heterocycles. The lowest BCUT2D eigenvalue weighted by Crippen LogP contribution is -2.28. The van der Waals surface area contributed by atoms with Crippen LogP contribution >= 0.6 is 11.6 Å². The molecule has 1 N–H and O–H groups in total. The summed E-state index contributed by atoms with van der Waals surface area (Å²) in [6.45, 7) is 2.99. The fourth-order valence-corrected chi connectivity index (χ4v) is 4.96. The second-order valence-electron chi connectivity index (χ2n) is 6.47. The lowest BCUT2D eigenvalue weighted by Gasteiger charge is -2.17. The van der Waals surface area contributed by atoms with Gasteiger partial charge < -0.3 is 5.32 Å². The Labute approximate surface area is 159 Å². The van der Waals surface area contributed by atoms with E-state index in [0.717, 1.165) is 24.0 Å². The molecule has 0 saturated carbocycles. The molecule has 2 aromatic carbocycles. The van der Waals surface area contributed by atoms with E-state index in [4.69, 9.17) is 11.6 Å². The van der Waals surface area contributed by atoms with Gasteiger partial charge in [0, 0.05) is 18.8 Å². The van der Waals surface area contributed by atoms with Crippen LogP contribution in [0.5, 0.6) is 0 Å². The number of carbonyl (C=O) groups is 1. The zero-order chi connectivity index (χ0) is 18.7. The third-order valence-electron chi connectivity index (χ3n) is 4.38. The van der Waals surface area contributed by atoms with Crippen molar-refractivity contribution in [2.75, 3.05) is 18.4 Å². The first-order valence-electron chi connectivity index (χ1n) is 8.51. The largest absolute Gasteiger partial charge is 0.326 e. The van der Waals surface area contributed by atoms with Gasteiger partial charge in [0.1, 0.15) is 4.90 Å². The predicted octanol–water partition coefficient (Wildman–Crippen LogP) is 3.61. The first-order valence-corrected chi connectivity index (χ1v) is 10.3. The topological polar surface area (TPSA) is 66.5 Å². The van der Waals surface area contributed by atoms with Crippen molar-refractivity contribution in [2.24, 2.45) is 0 Å². The van der Waals surface area contributed by atoms with Crippen LogP contribution in [-0.2, 0) is 21.2 Å². The predicted molar refractivity (Wildman–Crippen MR) is 103 cm³/mol. The van der Waals surface area contributed by atoms with Gasteiger partial charge in [-0.1, -0.05) is 41.4 Å². The smallest absolute Gasteiger partial charge is 0.244 e. The molecule has 3 rings (SSSR count). The van der Waals surface area contributed by atoms with Crippen LogP contribution in [0.15, 0.2) is 47.4 Å². The molecule has 1 fully saturated rings. The van der Waals surface area contributed by atoms with Gasteiger partial charge in [-0.25, -0.2) is 8.42 Å². The van der Waals surface area contributed by atoms with Crippen molar-refractivity contribution in [3.8, 4) is 0 Å². The van der Waals surface area contributed by atoms with Crippen molar-refractivity contribution in [3.63, 3.8) is 0 Å². The summed E-state index contributed by atoms with van der Waals surface area (Å²) in [6, 6.07) is 12.3. The minimum absolute atomic E-state index is 0.0363. The Bertz CT molecular complexity index is 905. The van der Waals surface area contributed by atoms with Crippen LogP contribution in [0.1, 0.15) is 24.0 Å². The number of rotatable bonds is 5. The van der Waals surface area contributed by atoms with Gasteiger partial charge in [-0.15, -0.1) is 0 Å². The molecule has 0 aromatic heterocycles. The Morgan fingerprint density at radius 1 is 1.12 bits per heavy atom. The van der Waals surface area contributed by atoms with Crippen LogP contribution in [0.3, 0.4) is 0 Å². The summed E-state index contributed by atoms with van der Waals surface area (Å²) < 4.78 is 26.9. The van der Waals surface area contributed by atoms with Crippen molar-refractivity contribution in [3.05, 3.63) is 58.6 Å². The number of sulfonamides is 1. The minimum Gasteiger partial charge on any atom is -0.326 e. The van der Waals surface area contributed by atoms with Gasteiger partial charge in [0.05, 0.1) is 11.4 Å². The highest BCUT2D eigenvalue weighted by atomic mass is 35.5. The number of hydrogen-bond acceptors (Lipinski definition) is 3. The molecule has 1 aliphatic rings. The standard InChI is InChI=1S/C19H21ClN2O3S/c1-14-4-6-15(7-5-14)12-19(23)21-16-8-9-17(20)18(13-16)26(24,25)22-10-2-3-11-22/h4-9,13H,2-3,10-12H2,1H3,(H,21,23). The van der Waals surface area contributed by atoms with Crippen molar-refractivity contribution in [1.29, 1.82) is 0 Å². The van der Waals surface area contributed by atoms with E-state index in [1.807, 2.05) is 31.2 Å². The number of carbonyl (C=O) groups excluding carboxylic acids is 1. The number of nitrogens with zero attached hydrogens (tertiary/aromatic N) is 1. The Morgan fingerprint density at radius 3 is 2.42 bits per heavy atom. The van der Waals surface area contributed by atoms with E-state index in [2.05, 4.69) is 5.32 Å². The van der Waals surface area contributed by atoms with Gasteiger partial charge in [0.25, 0.3) is 0 Å². The van der Waals surface area contributed by atoms with Gasteiger partial charge in [0.15, 0.2) is 0 Å². The summed E-state index contributed by atoms with van der Waals surface area (Å²) >= 11 is 6.12. The zero-order valence-electron chi connectivity index (χ0n) is 14.5. The van der Waals surface area contributed by atoms with E-state index >= 15 is 0 Å². The molecule has 0 atom stereocenters. The number of hydrogen-bond donors (Lipinski definition) is 1. The maximum Gasteiger partial charge on any atom is 0.244 e. The van der Waals surface area contributed by atoms with Crippen molar-refractivity contribution >= 4 is 33.2 Å². The quantitative estimate of drug-likeness (QED) is 0.845. The molecule has 5 nitrogen and oxygen atoms in total. The molecule has 0 unspecified atom stereocenters. The Hall–Kier alpha value is -1.89. The van der Waals surface area contributed by atoms with E-state index in [0.29, 0.717) is 18.8 Å². The number of nitrogens with one attached hydrogen (secondary N) is 1. The van der Waals surface area contributed by atoms with Crippen LogP contribution in [0, 0.1) is 6.92 Å². The molecule has 1 aliphatic heterocycles. The monoisotopic (exact) mass is 392 g/mol. The molecule has 0 aliphatic carbocycles. The molecular weight excluding hydrogens is 372 g/mol. The second kappa shape index (κ2) is 7.78. The van der Waals surface area contributed by atoms with Gasteiger partial charge in [0.2, 0.25) is 15.9 Å². The minimum atomic E-state index is -3.64. The van der Waals surface area contributed by atoms with Crippen LogP contribution < -0.4 is 5.32 Å². The maximum absolute atomic E-state index is 12.7. The molecular formula is C19H21ClN2O3S. The molecule has 26 heavy (non-hydrogen) atoms. The molecule has 138 valence electrons. The number of halogens is 1. The van der Waals surface area contributed by atoms with Crippen LogP contribution in [0.2, 0.25) is 5.02 Å². The Morgan fingerprint density at radius 2 is 1.77 bits per heavy atom. The summed E-state index contributed by atoms with van der Waals surface area (Å²) in [5.41, 5.74) is 2.44. The average Bonchev–Trinajstić information content (AvgIpc) is 3.14. The van der Waals surface area contributed by atoms with Crippen LogP contribution in [-0.4, -0.2) is 31.7 Å². The summed E-state index contributed by atoms with van der Waals surface area (Å²) in [7, 11) is -3.64. The van der Waals surface area contributed by atoms with E-state index in [1.165, 1.54) is 16.4 Å². The van der Waals surface area contributed by atoms with Gasteiger partial charge in [-0.3, -0.25) is 4.79 Å². The number of amides is 1. The van der Waals surface area contributed by atoms with Crippen LogP contribution in [0.4, 0.5) is 5.69 Å². The highest BCUT2D eigenvalue weighted by Crippen LogP contribution is 2.29. The first kappa shape index (κ1) is 18.9. The van der Waals surface area contributed by atoms with Crippen LogP contribution in [0.25, 0.3) is 0 Å². The van der Waals surface area contributed by atoms with E-state index in [9.17, 15) is 13.2 Å². The SMILES string of the molecule is Cc1ccc(CC(=O)Nc2ccc(Cl)c(S(=O)(=O)N3CCCC3)c2)cc1. The zero-order valence-corrected chi connectivity index (χ0v) is 16.1. The van der Waals surface area contributed by atoms with Gasteiger partial charge >= 0.3 is 0 Å². The normalized spacial score (nSPS) is 15.2. The lowest BCUT2D eigenvalue weighted by molar-refractivity contribution is -0.115. The van der Waals surface area contributed by atoms with Crippen molar-refractivity contribution in [1.82, 2.24) is 4.31 Å². The van der Waals surface area contributed by atoms with Gasteiger partial charge in [-0.05, 0) is 43.5 Å². The number of aryl methyl sites for hydroxylation is 1. The molecule has 1 heterocycles. The molecule has 0 radical (unpaired) electrons. The third kappa shape index (κ3) is 4.26. The average molecular weight is 393 g/mol. The summed E-state index contributed by atoms with van der Waals surface area (Å²) in [4.78, 5) is 12.3. The molecule has 0 bridgehead atoms. The molecule has 1 amide bonds. The third-order valence-corrected chi connectivity index (χ3v) is 6.76. The number of anilines is 1. The second-order valence-corrected chi connectivity index (χ2v) is 8.78. The Balaban J connectivity index is 1.76. The van der Waals surface area contributed by atoms with Crippen molar-refractivity contribution in [2.45, 2.75) is 31.1 Å². The molecule has 0 spiro atoms. The highest BCUT2D eigenvalue weighted by Gasteiger charge is 2.29. The van der Waals surface area contributed by atoms with Crippen molar-refractivity contribution < 1.29 is 13.2 Å². The Kier molecular flexibility index (Phi) is 5.65. The fourth-order valence-electron chi connectivity index (χ4n) is 2.94.